The monoisotopic (exact) mass is 175 g/mol. The van der Waals surface area contributed by atoms with E-state index < -0.39 is 0 Å². The Morgan fingerprint density at radius 2 is 2.23 bits per heavy atom. The van der Waals surface area contributed by atoms with Gasteiger partial charge in [-0.05, 0) is 18.9 Å². The van der Waals surface area contributed by atoms with Gasteiger partial charge in [0.15, 0.2) is 0 Å². The molecule has 0 spiro atoms. The zero-order valence-corrected chi connectivity index (χ0v) is 7.57. The first-order chi connectivity index (χ1) is 6.45. The Labute approximate surface area is 78.1 Å². The van der Waals surface area contributed by atoms with Gasteiger partial charge < -0.3 is 9.64 Å². The second-order valence-corrected chi connectivity index (χ2v) is 3.73. The van der Waals surface area contributed by atoms with Crippen molar-refractivity contribution < 1.29 is 4.74 Å². The second-order valence-electron chi connectivity index (χ2n) is 3.73. The first-order valence-electron chi connectivity index (χ1n) is 4.91. The molecular weight excluding hydrogens is 162 g/mol. The molecular formula is C11H13NO. The third kappa shape index (κ3) is 1.05. The summed E-state index contributed by atoms with van der Waals surface area (Å²) in [5, 5.41) is 0. The molecule has 2 heteroatoms. The van der Waals surface area contributed by atoms with E-state index in [0.717, 1.165) is 13.2 Å². The van der Waals surface area contributed by atoms with Crippen LogP contribution in [0.4, 0.5) is 5.69 Å². The van der Waals surface area contributed by atoms with Crippen molar-refractivity contribution in [1.29, 1.82) is 0 Å². The normalized spacial score (nSPS) is 25.5. The van der Waals surface area contributed by atoms with Gasteiger partial charge >= 0.3 is 0 Å². The molecule has 13 heavy (non-hydrogen) atoms. The maximum atomic E-state index is 5.75. The molecule has 1 aromatic carbocycles. The quantitative estimate of drug-likeness (QED) is 0.599. The lowest BCUT2D eigenvalue weighted by atomic mass is 10.1. The highest BCUT2D eigenvalue weighted by atomic mass is 16.5. The van der Waals surface area contributed by atoms with E-state index in [-0.39, 0.29) is 0 Å². The molecule has 2 nitrogen and oxygen atoms in total. The number of ether oxygens (including phenoxy) is 1. The summed E-state index contributed by atoms with van der Waals surface area (Å²) in [6.45, 7) is 1.94. The molecule has 0 saturated carbocycles. The predicted octanol–water partition coefficient (Wildman–Crippen LogP) is 2.14. The Morgan fingerprint density at radius 3 is 3.23 bits per heavy atom. The van der Waals surface area contributed by atoms with Crippen molar-refractivity contribution in [3.8, 4) is 0 Å². The molecule has 0 N–H and O–H groups in total. The molecule has 0 bridgehead atoms. The van der Waals surface area contributed by atoms with E-state index in [1.54, 1.807) is 0 Å². The van der Waals surface area contributed by atoms with Crippen LogP contribution < -0.4 is 4.90 Å². The molecule has 1 saturated heterocycles. The number of anilines is 1. The van der Waals surface area contributed by atoms with Gasteiger partial charge in [0.1, 0.15) is 6.23 Å². The Hall–Kier alpha value is -1.02. The van der Waals surface area contributed by atoms with Crippen LogP contribution >= 0.6 is 0 Å². The minimum Gasteiger partial charge on any atom is -0.354 e. The van der Waals surface area contributed by atoms with Gasteiger partial charge in [-0.25, -0.2) is 0 Å². The summed E-state index contributed by atoms with van der Waals surface area (Å²) in [5.41, 5.74) is 2.72. The zero-order valence-electron chi connectivity index (χ0n) is 7.57. The fraction of sp³-hybridized carbons (Fsp3) is 0.455. The number of nitrogens with zero attached hydrogens (tertiary/aromatic N) is 1. The molecule has 68 valence electrons. The largest absolute Gasteiger partial charge is 0.354 e. The van der Waals surface area contributed by atoms with E-state index in [1.807, 2.05) is 0 Å². The SMILES string of the molecule is c1ccc2c(c1)CO[C@@H]1CCCN21. The molecule has 0 radical (unpaired) electrons. The van der Waals surface area contributed by atoms with Crippen molar-refractivity contribution in [3.05, 3.63) is 29.8 Å². The molecule has 1 aromatic rings. The highest BCUT2D eigenvalue weighted by Gasteiger charge is 2.30. The van der Waals surface area contributed by atoms with Crippen LogP contribution in [0.3, 0.4) is 0 Å². The average Bonchev–Trinajstić information content (AvgIpc) is 2.65. The summed E-state index contributed by atoms with van der Waals surface area (Å²) >= 11 is 0. The van der Waals surface area contributed by atoms with Crippen molar-refractivity contribution >= 4 is 5.69 Å². The molecule has 2 aliphatic heterocycles. The van der Waals surface area contributed by atoms with Crippen molar-refractivity contribution in [2.45, 2.75) is 25.7 Å². The lowest BCUT2D eigenvalue weighted by molar-refractivity contribution is 0.0384. The predicted molar refractivity (Wildman–Crippen MR) is 51.6 cm³/mol. The van der Waals surface area contributed by atoms with Crippen LogP contribution in [0.5, 0.6) is 0 Å². The van der Waals surface area contributed by atoms with Crippen LogP contribution in [0, 0.1) is 0 Å². The third-order valence-corrected chi connectivity index (χ3v) is 2.93. The summed E-state index contributed by atoms with van der Waals surface area (Å²) in [4.78, 5) is 2.39. The Bertz CT molecular complexity index is 324. The van der Waals surface area contributed by atoms with Crippen molar-refractivity contribution in [3.63, 3.8) is 0 Å². The molecule has 0 amide bonds. The molecule has 2 heterocycles. The average molecular weight is 175 g/mol. The minimum atomic E-state index is 0.356. The minimum absolute atomic E-state index is 0.356. The number of benzene rings is 1. The van der Waals surface area contributed by atoms with Crippen LogP contribution in [0.2, 0.25) is 0 Å². The third-order valence-electron chi connectivity index (χ3n) is 2.93. The fourth-order valence-electron chi connectivity index (χ4n) is 2.28. The molecule has 1 fully saturated rings. The summed E-state index contributed by atoms with van der Waals surface area (Å²) < 4.78 is 5.75. The Balaban J connectivity index is 2.06. The van der Waals surface area contributed by atoms with E-state index in [1.165, 1.54) is 24.1 Å². The van der Waals surface area contributed by atoms with Crippen molar-refractivity contribution in [2.24, 2.45) is 0 Å². The summed E-state index contributed by atoms with van der Waals surface area (Å²) in [5.74, 6) is 0. The van der Waals surface area contributed by atoms with Crippen molar-refractivity contribution in [2.75, 3.05) is 11.4 Å². The number of fused-ring (bicyclic) bond motifs is 3. The lowest BCUT2D eigenvalue weighted by Gasteiger charge is -2.33. The molecule has 1 atom stereocenters. The van der Waals surface area contributed by atoms with Gasteiger partial charge in [-0.3, -0.25) is 0 Å². The van der Waals surface area contributed by atoms with E-state index in [2.05, 4.69) is 29.2 Å². The van der Waals surface area contributed by atoms with Crippen LogP contribution in [-0.2, 0) is 11.3 Å². The Morgan fingerprint density at radius 1 is 1.31 bits per heavy atom. The van der Waals surface area contributed by atoms with Gasteiger partial charge in [-0.1, -0.05) is 18.2 Å². The van der Waals surface area contributed by atoms with Gasteiger partial charge in [0.25, 0.3) is 0 Å². The smallest absolute Gasteiger partial charge is 0.130 e. The summed E-state index contributed by atoms with van der Waals surface area (Å²) in [7, 11) is 0. The highest BCUT2D eigenvalue weighted by molar-refractivity contribution is 5.55. The van der Waals surface area contributed by atoms with Crippen LogP contribution in [0.15, 0.2) is 24.3 Å². The first-order valence-corrected chi connectivity index (χ1v) is 4.91. The number of rotatable bonds is 0. The molecule has 0 aromatic heterocycles. The van der Waals surface area contributed by atoms with Gasteiger partial charge in [-0.15, -0.1) is 0 Å². The topological polar surface area (TPSA) is 12.5 Å². The molecule has 0 aliphatic carbocycles. The van der Waals surface area contributed by atoms with Gasteiger partial charge in [-0.2, -0.15) is 0 Å². The molecule has 3 rings (SSSR count). The molecule has 0 unspecified atom stereocenters. The maximum absolute atomic E-state index is 5.75. The maximum Gasteiger partial charge on any atom is 0.130 e. The number of para-hydroxylation sites is 1. The van der Waals surface area contributed by atoms with Gasteiger partial charge in [0.2, 0.25) is 0 Å². The summed E-state index contributed by atoms with van der Waals surface area (Å²) in [6, 6.07) is 8.55. The summed E-state index contributed by atoms with van der Waals surface area (Å²) in [6.07, 6.45) is 2.81. The fourth-order valence-corrected chi connectivity index (χ4v) is 2.28. The molecule has 2 aliphatic rings. The van der Waals surface area contributed by atoms with E-state index in [9.17, 15) is 0 Å². The number of hydrogen-bond acceptors (Lipinski definition) is 2. The van der Waals surface area contributed by atoms with E-state index >= 15 is 0 Å². The second kappa shape index (κ2) is 2.74. The van der Waals surface area contributed by atoms with E-state index in [0.29, 0.717) is 6.23 Å². The van der Waals surface area contributed by atoms with Crippen molar-refractivity contribution in [1.82, 2.24) is 0 Å². The standard InChI is InChI=1S/C11H13NO/c1-2-5-10-9(4-1)8-13-11-6-3-7-12(10)11/h1-2,4-5,11H,3,6-8H2/t11-/m1/s1. The van der Waals surface area contributed by atoms with Crippen LogP contribution in [0.1, 0.15) is 18.4 Å². The van der Waals surface area contributed by atoms with Gasteiger partial charge in [0, 0.05) is 17.8 Å². The zero-order chi connectivity index (χ0) is 8.67. The van der Waals surface area contributed by atoms with Gasteiger partial charge in [0.05, 0.1) is 6.61 Å². The number of hydrogen-bond donors (Lipinski definition) is 0. The van der Waals surface area contributed by atoms with E-state index in [4.69, 9.17) is 4.74 Å². The van der Waals surface area contributed by atoms with Crippen LogP contribution in [-0.4, -0.2) is 12.8 Å². The lowest BCUT2D eigenvalue weighted by Crippen LogP contribution is -2.35. The Kier molecular flexibility index (Phi) is 1.56. The first kappa shape index (κ1) is 7.39. The van der Waals surface area contributed by atoms with Crippen LogP contribution in [0.25, 0.3) is 0 Å². The highest BCUT2D eigenvalue weighted by Crippen LogP contribution is 2.34.